The van der Waals surface area contributed by atoms with Gasteiger partial charge in [-0.15, -0.1) is 0 Å². The lowest BCUT2D eigenvalue weighted by Gasteiger charge is -2.28. The van der Waals surface area contributed by atoms with Gasteiger partial charge in [-0.1, -0.05) is 0 Å². The van der Waals surface area contributed by atoms with Gasteiger partial charge in [-0.3, -0.25) is 4.90 Å². The van der Waals surface area contributed by atoms with Crippen LogP contribution >= 0.6 is 15.9 Å². The number of carboxylic acid groups (broad SMARTS) is 2. The highest BCUT2D eigenvalue weighted by atomic mass is 79.9. The Hall–Kier alpha value is -2.10. The molecule has 10 heteroatoms. The average molecular weight is 404 g/mol. The Labute approximate surface area is 146 Å². The monoisotopic (exact) mass is 403 g/mol. The molecule has 132 valence electrons. The second kappa shape index (κ2) is 6.08. The molecule has 1 aromatic rings. The molecule has 0 saturated carbocycles. The van der Waals surface area contributed by atoms with Crippen LogP contribution in [0, 0.1) is 0 Å². The first kappa shape index (κ1) is 18.2. The van der Waals surface area contributed by atoms with Crippen molar-refractivity contribution in [2.75, 3.05) is 6.54 Å². The zero-order valence-corrected chi connectivity index (χ0v) is 15.0. The van der Waals surface area contributed by atoms with Gasteiger partial charge >= 0.3 is 18.0 Å². The van der Waals surface area contributed by atoms with Crippen LogP contribution in [0.4, 0.5) is 4.79 Å². The fourth-order valence-electron chi connectivity index (χ4n) is 2.66. The molecule has 0 bridgehead atoms. The molecule has 0 unspecified atom stereocenters. The van der Waals surface area contributed by atoms with Gasteiger partial charge in [0, 0.05) is 18.8 Å². The number of halogens is 1. The van der Waals surface area contributed by atoms with Gasteiger partial charge in [-0.05, 0) is 36.7 Å². The summed E-state index contributed by atoms with van der Waals surface area (Å²) in [6.07, 6.45) is 1.65. The maximum atomic E-state index is 12.4. The maximum Gasteiger partial charge on any atom is 0.411 e. The normalized spacial score (nSPS) is 24.0. The van der Waals surface area contributed by atoms with Crippen molar-refractivity contribution in [3.05, 3.63) is 17.1 Å². The summed E-state index contributed by atoms with van der Waals surface area (Å²) in [4.78, 5) is 40.7. The van der Waals surface area contributed by atoms with Gasteiger partial charge < -0.3 is 19.5 Å². The van der Waals surface area contributed by atoms with Crippen LogP contribution in [-0.2, 0) is 19.9 Å². The summed E-state index contributed by atoms with van der Waals surface area (Å²) in [6, 6.07) is -1.31. The highest BCUT2D eigenvalue weighted by Crippen LogP contribution is 2.37. The Bertz CT molecular complexity index is 682. The third-order valence-corrected chi connectivity index (χ3v) is 4.29. The van der Waals surface area contributed by atoms with E-state index in [4.69, 9.17) is 4.74 Å². The van der Waals surface area contributed by atoms with Crippen molar-refractivity contribution in [3.8, 4) is 0 Å². The van der Waals surface area contributed by atoms with E-state index >= 15 is 0 Å². The average Bonchev–Trinajstić information content (AvgIpc) is 3.01. The van der Waals surface area contributed by atoms with Crippen LogP contribution < -0.4 is 0 Å². The van der Waals surface area contributed by atoms with E-state index in [9.17, 15) is 24.6 Å². The van der Waals surface area contributed by atoms with E-state index in [2.05, 4.69) is 20.9 Å². The molecule has 0 radical (unpaired) electrons. The Kier molecular flexibility index (Phi) is 4.62. The third kappa shape index (κ3) is 3.23. The van der Waals surface area contributed by atoms with E-state index in [1.165, 1.54) is 17.0 Å². The molecule has 1 aliphatic heterocycles. The number of ether oxygens (including phenoxy) is 1. The van der Waals surface area contributed by atoms with Crippen LogP contribution in [0.25, 0.3) is 0 Å². The summed E-state index contributed by atoms with van der Waals surface area (Å²) < 4.78 is 6.77. The number of aromatic nitrogens is 2. The molecule has 1 saturated heterocycles. The first-order chi connectivity index (χ1) is 11.0. The number of hydrogen-bond acceptors (Lipinski definition) is 5. The summed E-state index contributed by atoms with van der Waals surface area (Å²) in [7, 11) is 0. The minimum atomic E-state index is -1.64. The standard InChI is InChI=1S/C14H18BrN3O6/c1-13(2,3)24-12(23)17-7-14(10(21)22,6-8(17)9(19)20)18-5-4-16-11(18)15/h4-5,8H,6-7H2,1-3H3,(H,19,20)(H,21,22)/t8-,14+/m0/s1. The van der Waals surface area contributed by atoms with E-state index in [1.807, 2.05) is 0 Å². The van der Waals surface area contributed by atoms with Gasteiger partial charge in [-0.2, -0.15) is 0 Å². The fourth-order valence-corrected chi connectivity index (χ4v) is 3.23. The number of likely N-dealkylation sites (tertiary alicyclic amines) is 1. The van der Waals surface area contributed by atoms with Gasteiger partial charge in [0.1, 0.15) is 11.6 Å². The molecule has 2 rings (SSSR count). The molecule has 1 aliphatic rings. The van der Waals surface area contributed by atoms with Crippen molar-refractivity contribution in [2.24, 2.45) is 0 Å². The molecule has 1 aromatic heterocycles. The molecule has 2 atom stereocenters. The third-order valence-electron chi connectivity index (χ3n) is 3.71. The quantitative estimate of drug-likeness (QED) is 0.783. The molecule has 24 heavy (non-hydrogen) atoms. The van der Waals surface area contributed by atoms with Crippen molar-refractivity contribution in [1.29, 1.82) is 0 Å². The molecule has 0 aromatic carbocycles. The number of nitrogens with zero attached hydrogens (tertiary/aromatic N) is 3. The number of amides is 1. The first-order valence-electron chi connectivity index (χ1n) is 7.13. The van der Waals surface area contributed by atoms with E-state index < -0.39 is 35.2 Å². The Morgan fingerprint density at radius 3 is 2.42 bits per heavy atom. The minimum absolute atomic E-state index is 0.236. The van der Waals surface area contributed by atoms with Crippen LogP contribution in [0.3, 0.4) is 0 Å². The molecule has 1 amide bonds. The van der Waals surface area contributed by atoms with E-state index in [0.29, 0.717) is 0 Å². The van der Waals surface area contributed by atoms with E-state index in [-0.39, 0.29) is 17.7 Å². The van der Waals surface area contributed by atoms with Crippen molar-refractivity contribution in [2.45, 2.75) is 44.4 Å². The molecular weight excluding hydrogens is 386 g/mol. The minimum Gasteiger partial charge on any atom is -0.480 e. The van der Waals surface area contributed by atoms with Gasteiger partial charge in [0.25, 0.3) is 0 Å². The van der Waals surface area contributed by atoms with Crippen LogP contribution in [-0.4, -0.2) is 60.9 Å². The van der Waals surface area contributed by atoms with Crippen LogP contribution in [0.5, 0.6) is 0 Å². The highest BCUT2D eigenvalue weighted by molar-refractivity contribution is 9.10. The largest absolute Gasteiger partial charge is 0.480 e. The molecule has 1 fully saturated rings. The summed E-state index contributed by atoms with van der Waals surface area (Å²) in [5.41, 5.74) is -2.47. The molecule has 0 aliphatic carbocycles. The van der Waals surface area contributed by atoms with Crippen LogP contribution in [0.1, 0.15) is 27.2 Å². The van der Waals surface area contributed by atoms with Crippen LogP contribution in [0.2, 0.25) is 0 Å². The second-order valence-electron chi connectivity index (χ2n) is 6.57. The van der Waals surface area contributed by atoms with Crippen molar-refractivity contribution in [3.63, 3.8) is 0 Å². The predicted octanol–water partition coefficient (Wildman–Crippen LogP) is 1.52. The van der Waals surface area contributed by atoms with Crippen molar-refractivity contribution < 1.29 is 29.3 Å². The van der Waals surface area contributed by atoms with Gasteiger partial charge in [-0.25, -0.2) is 19.4 Å². The number of rotatable bonds is 3. The molecule has 0 spiro atoms. The summed E-state index contributed by atoms with van der Waals surface area (Å²) in [6.45, 7) is 4.60. The fraction of sp³-hybridized carbons (Fsp3) is 0.571. The molecule has 9 nitrogen and oxygen atoms in total. The zero-order chi connectivity index (χ0) is 18.3. The molecular formula is C14H18BrN3O6. The topological polar surface area (TPSA) is 122 Å². The lowest BCUT2D eigenvalue weighted by molar-refractivity contribution is -0.147. The Morgan fingerprint density at radius 2 is 2.00 bits per heavy atom. The first-order valence-corrected chi connectivity index (χ1v) is 7.92. The van der Waals surface area contributed by atoms with Crippen molar-refractivity contribution >= 4 is 34.0 Å². The van der Waals surface area contributed by atoms with Crippen LogP contribution in [0.15, 0.2) is 17.1 Å². The summed E-state index contributed by atoms with van der Waals surface area (Å²) >= 11 is 3.15. The molecule has 2 heterocycles. The lowest BCUT2D eigenvalue weighted by atomic mass is 9.96. The highest BCUT2D eigenvalue weighted by Gasteiger charge is 2.56. The number of carbonyl (C=O) groups is 3. The second-order valence-corrected chi connectivity index (χ2v) is 7.28. The smallest absolute Gasteiger partial charge is 0.411 e. The number of carboxylic acids is 2. The number of carbonyl (C=O) groups excluding carboxylic acids is 1. The van der Waals surface area contributed by atoms with Gasteiger partial charge in [0.15, 0.2) is 10.3 Å². The lowest BCUT2D eigenvalue weighted by Crippen LogP contribution is -2.46. The predicted molar refractivity (Wildman–Crippen MR) is 84.5 cm³/mol. The van der Waals surface area contributed by atoms with E-state index in [0.717, 1.165) is 4.90 Å². The summed E-state index contributed by atoms with van der Waals surface area (Å²) in [5, 5.41) is 19.2. The number of aliphatic carboxylic acids is 2. The maximum absolute atomic E-state index is 12.4. The Balaban J connectivity index is 2.44. The van der Waals surface area contributed by atoms with Gasteiger partial charge in [0.2, 0.25) is 0 Å². The summed E-state index contributed by atoms with van der Waals surface area (Å²) in [5.74, 6) is -2.54. The number of imidazole rings is 1. The Morgan fingerprint density at radius 1 is 1.38 bits per heavy atom. The zero-order valence-electron chi connectivity index (χ0n) is 13.4. The SMILES string of the molecule is CC(C)(C)OC(=O)N1C[C@](C(=O)O)(n2ccnc2Br)C[C@H]1C(=O)O. The number of hydrogen-bond donors (Lipinski definition) is 2. The van der Waals surface area contributed by atoms with E-state index in [1.54, 1.807) is 20.8 Å². The molecule has 2 N–H and O–H groups in total. The van der Waals surface area contributed by atoms with Gasteiger partial charge in [0.05, 0.1) is 6.54 Å². The van der Waals surface area contributed by atoms with Crippen molar-refractivity contribution in [1.82, 2.24) is 14.5 Å².